The van der Waals surface area contributed by atoms with Gasteiger partial charge < -0.3 is 10.1 Å². The molecule has 1 N–H and O–H groups in total. The van der Waals surface area contributed by atoms with Crippen LogP contribution in [0.2, 0.25) is 0 Å². The molecule has 1 saturated heterocycles. The first-order chi connectivity index (χ1) is 8.16. The highest BCUT2D eigenvalue weighted by atomic mass is 19.1. The molecule has 0 radical (unpaired) electrons. The molecule has 1 aliphatic heterocycles. The first kappa shape index (κ1) is 12.5. The van der Waals surface area contributed by atoms with E-state index in [1.54, 1.807) is 6.20 Å². The van der Waals surface area contributed by atoms with Crippen molar-refractivity contribution in [2.45, 2.75) is 32.4 Å². The van der Waals surface area contributed by atoms with Crippen molar-refractivity contribution in [2.75, 3.05) is 13.2 Å². The van der Waals surface area contributed by atoms with Crippen LogP contribution in [0.5, 0.6) is 0 Å². The van der Waals surface area contributed by atoms with E-state index in [1.807, 2.05) is 6.92 Å². The quantitative estimate of drug-likeness (QED) is 0.874. The highest BCUT2D eigenvalue weighted by molar-refractivity contribution is 5.14. The van der Waals surface area contributed by atoms with Crippen LogP contribution in [0.4, 0.5) is 4.39 Å². The molecule has 3 nitrogen and oxygen atoms in total. The lowest BCUT2D eigenvalue weighted by molar-refractivity contribution is 0.177. The molecule has 1 aliphatic rings. The van der Waals surface area contributed by atoms with Crippen molar-refractivity contribution in [1.82, 2.24) is 10.3 Å². The maximum atomic E-state index is 13.1. The lowest BCUT2D eigenvalue weighted by Gasteiger charge is -2.24. The van der Waals surface area contributed by atoms with Crippen LogP contribution >= 0.6 is 0 Å². The average molecular weight is 238 g/mol. The summed E-state index contributed by atoms with van der Waals surface area (Å²) in [5, 5.41) is 3.48. The van der Waals surface area contributed by atoms with Crippen molar-refractivity contribution in [3.05, 3.63) is 29.8 Å². The van der Waals surface area contributed by atoms with Gasteiger partial charge in [-0.05, 0) is 37.8 Å². The Kier molecular flexibility index (Phi) is 4.07. The van der Waals surface area contributed by atoms with Gasteiger partial charge in [0.1, 0.15) is 5.82 Å². The lowest BCUT2D eigenvalue weighted by Crippen LogP contribution is -2.35. The second kappa shape index (κ2) is 5.56. The van der Waals surface area contributed by atoms with Gasteiger partial charge in [0.05, 0.1) is 12.8 Å². The van der Waals surface area contributed by atoms with E-state index in [0.29, 0.717) is 12.0 Å². The average Bonchev–Trinajstić information content (AvgIpc) is 2.82. The maximum absolute atomic E-state index is 13.1. The molecule has 1 aromatic rings. The van der Waals surface area contributed by atoms with Gasteiger partial charge in [-0.3, -0.25) is 4.98 Å². The maximum Gasteiger partial charge on any atom is 0.141 e. The lowest BCUT2D eigenvalue weighted by atomic mass is 9.99. The summed E-state index contributed by atoms with van der Waals surface area (Å²) in [6, 6.07) is 2.01. The van der Waals surface area contributed by atoms with Gasteiger partial charge in [0, 0.05) is 24.9 Å². The predicted octanol–water partition coefficient (Wildman–Crippen LogP) is 2.30. The summed E-state index contributed by atoms with van der Waals surface area (Å²) in [6.07, 6.45) is 4.03. The molecule has 3 atom stereocenters. The minimum Gasteiger partial charge on any atom is -0.381 e. The number of nitrogens with one attached hydrogen (secondary N) is 1. The Morgan fingerprint density at radius 2 is 2.29 bits per heavy atom. The molecule has 2 rings (SSSR count). The standard InChI is InChI=1S/C13H19FN2O/c1-9(11-3-4-17-8-11)16-10(2)12-5-13(14)7-15-6-12/h5-7,9-11,16H,3-4,8H2,1-2H3. The van der Waals surface area contributed by atoms with E-state index in [9.17, 15) is 4.39 Å². The van der Waals surface area contributed by atoms with Crippen molar-refractivity contribution in [3.8, 4) is 0 Å². The van der Waals surface area contributed by atoms with Gasteiger partial charge in [0.15, 0.2) is 0 Å². The number of halogens is 1. The molecule has 0 amide bonds. The van der Waals surface area contributed by atoms with Crippen molar-refractivity contribution in [1.29, 1.82) is 0 Å². The highest BCUT2D eigenvalue weighted by Crippen LogP contribution is 2.20. The fourth-order valence-electron chi connectivity index (χ4n) is 2.24. The van der Waals surface area contributed by atoms with Crippen molar-refractivity contribution in [2.24, 2.45) is 5.92 Å². The molecule has 1 aromatic heterocycles. The van der Waals surface area contributed by atoms with E-state index in [-0.39, 0.29) is 11.9 Å². The molecule has 17 heavy (non-hydrogen) atoms. The third kappa shape index (κ3) is 3.23. The van der Waals surface area contributed by atoms with E-state index >= 15 is 0 Å². The molecule has 0 saturated carbocycles. The Morgan fingerprint density at radius 1 is 1.47 bits per heavy atom. The third-order valence-electron chi connectivity index (χ3n) is 3.41. The number of ether oxygens (including phenoxy) is 1. The molecule has 3 unspecified atom stereocenters. The normalized spacial score (nSPS) is 23.6. The molecule has 0 aliphatic carbocycles. The van der Waals surface area contributed by atoms with Gasteiger partial charge in [0.2, 0.25) is 0 Å². The monoisotopic (exact) mass is 238 g/mol. The number of hydrogen-bond donors (Lipinski definition) is 1. The summed E-state index contributed by atoms with van der Waals surface area (Å²) >= 11 is 0. The molecule has 0 spiro atoms. The van der Waals surface area contributed by atoms with Crippen LogP contribution in [0, 0.1) is 11.7 Å². The minimum absolute atomic E-state index is 0.105. The molecule has 2 heterocycles. The van der Waals surface area contributed by atoms with Crippen LogP contribution in [-0.2, 0) is 4.74 Å². The minimum atomic E-state index is -0.284. The summed E-state index contributed by atoms with van der Waals surface area (Å²) in [4.78, 5) is 3.87. The first-order valence-electron chi connectivity index (χ1n) is 6.11. The first-order valence-corrected chi connectivity index (χ1v) is 6.11. The van der Waals surface area contributed by atoms with Crippen LogP contribution in [0.25, 0.3) is 0 Å². The molecular weight excluding hydrogens is 219 g/mol. The zero-order valence-corrected chi connectivity index (χ0v) is 10.3. The Morgan fingerprint density at radius 3 is 2.94 bits per heavy atom. The predicted molar refractivity (Wildman–Crippen MR) is 64.1 cm³/mol. The molecule has 1 fully saturated rings. The number of hydrogen-bond acceptors (Lipinski definition) is 3. The van der Waals surface area contributed by atoms with Crippen LogP contribution < -0.4 is 5.32 Å². The van der Waals surface area contributed by atoms with Crippen LogP contribution in [0.1, 0.15) is 31.9 Å². The highest BCUT2D eigenvalue weighted by Gasteiger charge is 2.23. The summed E-state index contributed by atoms with van der Waals surface area (Å²) < 4.78 is 18.4. The smallest absolute Gasteiger partial charge is 0.141 e. The van der Waals surface area contributed by atoms with Crippen molar-refractivity contribution in [3.63, 3.8) is 0 Å². The van der Waals surface area contributed by atoms with E-state index < -0.39 is 0 Å². The Bertz CT molecular complexity index is 366. The van der Waals surface area contributed by atoms with Crippen LogP contribution in [0.15, 0.2) is 18.5 Å². The van der Waals surface area contributed by atoms with E-state index in [1.165, 1.54) is 12.3 Å². The molecular formula is C13H19FN2O. The van der Waals surface area contributed by atoms with E-state index in [2.05, 4.69) is 17.2 Å². The van der Waals surface area contributed by atoms with Gasteiger partial charge in [-0.1, -0.05) is 0 Å². The number of aromatic nitrogens is 1. The Balaban J connectivity index is 1.93. The molecule has 4 heteroatoms. The number of pyridine rings is 1. The van der Waals surface area contributed by atoms with Gasteiger partial charge >= 0.3 is 0 Å². The Hall–Kier alpha value is -1.00. The van der Waals surface area contributed by atoms with Gasteiger partial charge in [-0.2, -0.15) is 0 Å². The van der Waals surface area contributed by atoms with Gasteiger partial charge in [-0.15, -0.1) is 0 Å². The molecule has 94 valence electrons. The zero-order valence-electron chi connectivity index (χ0n) is 10.3. The summed E-state index contributed by atoms with van der Waals surface area (Å²) in [5.41, 5.74) is 0.885. The summed E-state index contributed by atoms with van der Waals surface area (Å²) in [7, 11) is 0. The second-order valence-electron chi connectivity index (χ2n) is 4.74. The fraction of sp³-hybridized carbons (Fsp3) is 0.615. The molecule has 0 bridgehead atoms. The molecule has 0 aromatic carbocycles. The van der Waals surface area contributed by atoms with Crippen LogP contribution in [0.3, 0.4) is 0 Å². The number of nitrogens with zero attached hydrogens (tertiary/aromatic N) is 1. The van der Waals surface area contributed by atoms with Crippen molar-refractivity contribution < 1.29 is 9.13 Å². The SMILES string of the molecule is CC(NC(C)C1CCOC1)c1cncc(F)c1. The van der Waals surface area contributed by atoms with Gasteiger partial charge in [0.25, 0.3) is 0 Å². The Labute approximate surface area is 101 Å². The number of rotatable bonds is 4. The largest absolute Gasteiger partial charge is 0.381 e. The zero-order chi connectivity index (χ0) is 12.3. The van der Waals surface area contributed by atoms with E-state index in [4.69, 9.17) is 4.74 Å². The van der Waals surface area contributed by atoms with Gasteiger partial charge in [-0.25, -0.2) is 4.39 Å². The van der Waals surface area contributed by atoms with Crippen LogP contribution in [-0.4, -0.2) is 24.2 Å². The summed E-state index contributed by atoms with van der Waals surface area (Å²) in [6.45, 7) is 5.86. The second-order valence-corrected chi connectivity index (χ2v) is 4.74. The van der Waals surface area contributed by atoms with E-state index in [0.717, 1.165) is 25.2 Å². The van der Waals surface area contributed by atoms with Crippen molar-refractivity contribution >= 4 is 0 Å². The summed E-state index contributed by atoms with van der Waals surface area (Å²) in [5.74, 6) is 0.270. The topological polar surface area (TPSA) is 34.1 Å². The third-order valence-corrected chi connectivity index (χ3v) is 3.41. The fourth-order valence-corrected chi connectivity index (χ4v) is 2.24.